The summed E-state index contributed by atoms with van der Waals surface area (Å²) in [6.45, 7) is 9.24. The van der Waals surface area contributed by atoms with Crippen molar-refractivity contribution in [2.24, 2.45) is 0 Å². The highest BCUT2D eigenvalue weighted by Gasteiger charge is 2.32. The van der Waals surface area contributed by atoms with E-state index >= 15 is 0 Å². The molecule has 0 fully saturated rings. The Morgan fingerprint density at radius 3 is 2.73 bits per heavy atom. The largest absolute Gasteiger partial charge is 0.598 e. The maximum absolute atomic E-state index is 13.7. The lowest BCUT2D eigenvalue weighted by atomic mass is 10.0. The molecule has 0 aliphatic rings. The molecule has 0 aliphatic carbocycles. The number of rotatable bonds is 7. The van der Waals surface area contributed by atoms with Gasteiger partial charge in [0.15, 0.2) is 0 Å². The Balaban J connectivity index is 3.22. The number of ether oxygens (including phenoxy) is 1. The molecule has 1 N–H and O–H groups in total. The lowest BCUT2D eigenvalue weighted by Gasteiger charge is -2.29. The highest BCUT2D eigenvalue weighted by Crippen LogP contribution is 2.36. The molecule has 22 heavy (non-hydrogen) atoms. The van der Waals surface area contributed by atoms with Crippen LogP contribution in [0, 0.1) is 5.95 Å². The number of allylic oxidation sites excluding steroid dienone is 1. The summed E-state index contributed by atoms with van der Waals surface area (Å²) < 4.78 is 33.9. The van der Waals surface area contributed by atoms with Gasteiger partial charge in [-0.25, -0.2) is 4.98 Å². The van der Waals surface area contributed by atoms with E-state index in [2.05, 4.69) is 16.3 Å². The SMILES string of the molecule is C=CCCC(N[S@@+]([O-])C(C)(C)C)c1c(OC)cnc(F)c1Cl. The van der Waals surface area contributed by atoms with Crippen LogP contribution in [0.15, 0.2) is 18.9 Å². The molecule has 4 nitrogen and oxygen atoms in total. The normalized spacial score (nSPS) is 14.5. The molecule has 2 atom stereocenters. The fourth-order valence-corrected chi connectivity index (χ4v) is 2.92. The van der Waals surface area contributed by atoms with Gasteiger partial charge in [-0.15, -0.1) is 11.3 Å². The molecule has 0 aliphatic heterocycles. The molecule has 0 radical (unpaired) electrons. The van der Waals surface area contributed by atoms with Gasteiger partial charge < -0.3 is 9.29 Å². The second kappa shape index (κ2) is 8.15. The Bertz CT molecular complexity index is 523. The summed E-state index contributed by atoms with van der Waals surface area (Å²) in [5, 5.41) is -0.119. The van der Waals surface area contributed by atoms with Gasteiger partial charge in [-0.05, 0) is 33.6 Å². The predicted molar refractivity (Wildman–Crippen MR) is 89.0 cm³/mol. The van der Waals surface area contributed by atoms with Gasteiger partial charge in [-0.3, -0.25) is 0 Å². The van der Waals surface area contributed by atoms with Crippen LogP contribution in [0.1, 0.15) is 45.2 Å². The predicted octanol–water partition coefficient (Wildman–Crippen LogP) is 3.94. The molecule has 0 aromatic carbocycles. The van der Waals surface area contributed by atoms with Crippen LogP contribution < -0.4 is 9.46 Å². The number of nitrogens with zero attached hydrogens (tertiary/aromatic N) is 1. The highest BCUT2D eigenvalue weighted by molar-refractivity contribution is 7.90. The van der Waals surface area contributed by atoms with Crippen molar-refractivity contribution in [3.05, 3.63) is 35.4 Å². The molecule has 1 aromatic rings. The topological polar surface area (TPSA) is 57.2 Å². The molecule has 0 bridgehead atoms. The van der Waals surface area contributed by atoms with E-state index in [1.54, 1.807) is 6.08 Å². The van der Waals surface area contributed by atoms with Crippen molar-refractivity contribution >= 4 is 23.0 Å². The second-order valence-electron chi connectivity index (χ2n) is 5.76. The summed E-state index contributed by atoms with van der Waals surface area (Å²) in [5.41, 5.74) is 0.427. The third-order valence-electron chi connectivity index (χ3n) is 3.01. The molecule has 0 amide bonds. The zero-order chi connectivity index (χ0) is 16.9. The van der Waals surface area contributed by atoms with Crippen molar-refractivity contribution in [3.63, 3.8) is 0 Å². The summed E-state index contributed by atoms with van der Waals surface area (Å²) >= 11 is 4.73. The van der Waals surface area contributed by atoms with Gasteiger partial charge in [0.25, 0.3) is 0 Å². The first-order valence-electron chi connectivity index (χ1n) is 6.89. The standard InChI is InChI=1S/C15H22ClFN2O2S/c1-6-7-8-10(19-22(20)15(2,3)4)12-11(21-5)9-18-14(17)13(12)16/h6,9-10,19H,1,7-8H2,2-5H3/t10?,22-/m0/s1. The fraction of sp³-hybridized carbons (Fsp3) is 0.533. The summed E-state index contributed by atoms with van der Waals surface area (Å²) in [6.07, 6.45) is 4.24. The van der Waals surface area contributed by atoms with Crippen LogP contribution in [-0.4, -0.2) is 21.4 Å². The third kappa shape index (κ3) is 4.84. The van der Waals surface area contributed by atoms with E-state index < -0.39 is 28.1 Å². The van der Waals surface area contributed by atoms with E-state index in [0.717, 1.165) is 0 Å². The summed E-state index contributed by atoms with van der Waals surface area (Å²) in [7, 11) is 1.46. The molecule has 124 valence electrons. The summed E-state index contributed by atoms with van der Waals surface area (Å²) in [6, 6.07) is -0.432. The fourth-order valence-electron chi connectivity index (χ4n) is 1.80. The Morgan fingerprint density at radius 2 is 2.23 bits per heavy atom. The highest BCUT2D eigenvalue weighted by atomic mass is 35.5. The molecule has 0 saturated carbocycles. The minimum absolute atomic E-state index is 0.119. The van der Waals surface area contributed by atoms with Crippen LogP contribution in [0.4, 0.5) is 4.39 Å². The lowest BCUT2D eigenvalue weighted by Crippen LogP contribution is -2.41. The average Bonchev–Trinajstić information content (AvgIpc) is 2.45. The Hall–Kier alpha value is -0.820. The van der Waals surface area contributed by atoms with Gasteiger partial charge >= 0.3 is 0 Å². The quantitative estimate of drug-likeness (QED) is 0.460. The lowest BCUT2D eigenvalue weighted by molar-refractivity contribution is 0.395. The first kappa shape index (κ1) is 19.2. The van der Waals surface area contributed by atoms with E-state index in [1.807, 2.05) is 20.8 Å². The Kier molecular flexibility index (Phi) is 7.12. The smallest absolute Gasteiger partial charge is 0.232 e. The average molecular weight is 349 g/mol. The molecule has 0 spiro atoms. The minimum Gasteiger partial charge on any atom is -0.598 e. The summed E-state index contributed by atoms with van der Waals surface area (Å²) in [5.74, 6) is -0.414. The van der Waals surface area contributed by atoms with Crippen molar-refractivity contribution in [2.75, 3.05) is 7.11 Å². The van der Waals surface area contributed by atoms with Gasteiger partial charge in [-0.2, -0.15) is 4.39 Å². The van der Waals surface area contributed by atoms with Crippen molar-refractivity contribution in [1.29, 1.82) is 0 Å². The first-order valence-corrected chi connectivity index (χ1v) is 8.42. The molecule has 1 aromatic heterocycles. The minimum atomic E-state index is -1.34. The van der Waals surface area contributed by atoms with Crippen LogP contribution in [0.25, 0.3) is 0 Å². The van der Waals surface area contributed by atoms with Gasteiger partial charge in [0, 0.05) is 16.9 Å². The number of hydrogen-bond donors (Lipinski definition) is 1. The monoisotopic (exact) mass is 348 g/mol. The Morgan fingerprint density at radius 1 is 1.59 bits per heavy atom. The van der Waals surface area contributed by atoms with Gasteiger partial charge in [0.2, 0.25) is 5.95 Å². The van der Waals surface area contributed by atoms with Crippen molar-refractivity contribution < 1.29 is 13.7 Å². The molecule has 7 heteroatoms. The number of halogens is 2. The van der Waals surface area contributed by atoms with Gasteiger partial charge in [0.05, 0.1) is 19.3 Å². The van der Waals surface area contributed by atoms with E-state index in [0.29, 0.717) is 24.2 Å². The van der Waals surface area contributed by atoms with Crippen LogP contribution in [-0.2, 0) is 11.4 Å². The van der Waals surface area contributed by atoms with E-state index in [1.165, 1.54) is 13.3 Å². The first-order chi connectivity index (χ1) is 10.2. The third-order valence-corrected chi connectivity index (χ3v) is 4.98. The molecule has 1 heterocycles. The van der Waals surface area contributed by atoms with Crippen molar-refractivity contribution in [2.45, 2.75) is 44.4 Å². The summed E-state index contributed by atoms with van der Waals surface area (Å²) in [4.78, 5) is 3.55. The molecule has 0 saturated heterocycles. The maximum Gasteiger partial charge on any atom is 0.232 e. The number of nitrogens with one attached hydrogen (secondary N) is 1. The van der Waals surface area contributed by atoms with E-state index in [-0.39, 0.29) is 5.02 Å². The zero-order valence-corrected chi connectivity index (χ0v) is 14.9. The molecular formula is C15H22ClFN2O2S. The van der Waals surface area contributed by atoms with Crippen molar-refractivity contribution in [1.82, 2.24) is 9.71 Å². The zero-order valence-electron chi connectivity index (χ0n) is 13.3. The van der Waals surface area contributed by atoms with Crippen molar-refractivity contribution in [3.8, 4) is 5.75 Å². The van der Waals surface area contributed by atoms with E-state index in [4.69, 9.17) is 16.3 Å². The maximum atomic E-state index is 13.7. The van der Waals surface area contributed by atoms with Gasteiger partial charge in [-0.1, -0.05) is 17.7 Å². The molecule has 1 unspecified atom stereocenters. The number of methoxy groups -OCH3 is 1. The van der Waals surface area contributed by atoms with Crippen LogP contribution in [0.5, 0.6) is 5.75 Å². The molecular weight excluding hydrogens is 327 g/mol. The number of hydrogen-bond acceptors (Lipinski definition) is 4. The van der Waals surface area contributed by atoms with Crippen LogP contribution >= 0.6 is 11.6 Å². The second-order valence-corrected chi connectivity index (χ2v) is 8.14. The molecule has 1 rings (SSSR count). The number of pyridine rings is 1. The van der Waals surface area contributed by atoms with Crippen LogP contribution in [0.2, 0.25) is 5.02 Å². The number of aromatic nitrogens is 1. The van der Waals surface area contributed by atoms with Crippen LogP contribution in [0.3, 0.4) is 0 Å². The van der Waals surface area contributed by atoms with Gasteiger partial charge in [0.1, 0.15) is 15.5 Å². The Labute approximate surface area is 139 Å². The van der Waals surface area contributed by atoms with E-state index in [9.17, 15) is 8.94 Å².